The first-order valence-electron chi connectivity index (χ1n) is 11.3. The van der Waals surface area contributed by atoms with Crippen LogP contribution < -0.4 is 9.62 Å². The van der Waals surface area contributed by atoms with E-state index in [9.17, 15) is 18.0 Å². The second-order valence-corrected chi connectivity index (χ2v) is 12.7. The van der Waals surface area contributed by atoms with E-state index in [1.165, 1.54) is 17.0 Å². The van der Waals surface area contributed by atoms with Crippen molar-refractivity contribution in [2.75, 3.05) is 17.1 Å². The summed E-state index contributed by atoms with van der Waals surface area (Å²) in [5.41, 5.74) is 1.28. The van der Waals surface area contributed by atoms with Crippen LogP contribution in [0.25, 0.3) is 0 Å². The molecule has 0 bridgehead atoms. The number of carbonyl (C=O) groups excluding carboxylic acids is 2. The molecule has 0 heterocycles. The van der Waals surface area contributed by atoms with Gasteiger partial charge in [0.2, 0.25) is 21.8 Å². The number of nitrogens with zero attached hydrogens (tertiary/aromatic N) is 2. The minimum Gasteiger partial charge on any atom is -0.350 e. The molecule has 0 saturated carbocycles. The van der Waals surface area contributed by atoms with E-state index in [0.717, 1.165) is 21.7 Å². The van der Waals surface area contributed by atoms with Crippen LogP contribution in [0, 0.1) is 6.92 Å². The second kappa shape index (κ2) is 12.0. The van der Waals surface area contributed by atoms with Crippen LogP contribution in [0.5, 0.6) is 0 Å². The van der Waals surface area contributed by atoms with Crippen LogP contribution in [0.15, 0.2) is 36.4 Å². The predicted octanol–water partition coefficient (Wildman–Crippen LogP) is 5.44. The Morgan fingerprint density at radius 3 is 2.14 bits per heavy atom. The molecule has 1 atom stereocenters. The van der Waals surface area contributed by atoms with Crippen LogP contribution in [-0.2, 0) is 26.2 Å². The Labute approximate surface area is 228 Å². The van der Waals surface area contributed by atoms with Crippen molar-refractivity contribution in [2.45, 2.75) is 59.2 Å². The minimum absolute atomic E-state index is 0.0185. The fourth-order valence-electron chi connectivity index (χ4n) is 3.64. The number of carbonyl (C=O) groups is 2. The van der Waals surface area contributed by atoms with Crippen LogP contribution >= 0.6 is 34.8 Å². The average Bonchev–Trinajstić information content (AvgIpc) is 2.74. The number of nitrogens with one attached hydrogen (secondary N) is 1. The monoisotopic (exact) mass is 575 g/mol. The van der Waals surface area contributed by atoms with Crippen molar-refractivity contribution in [2.24, 2.45) is 0 Å². The van der Waals surface area contributed by atoms with E-state index >= 15 is 0 Å². The molecule has 0 unspecified atom stereocenters. The summed E-state index contributed by atoms with van der Waals surface area (Å²) < 4.78 is 26.4. The number of halogens is 3. The highest BCUT2D eigenvalue weighted by molar-refractivity contribution is 7.92. The van der Waals surface area contributed by atoms with Crippen molar-refractivity contribution >= 4 is 62.3 Å². The minimum atomic E-state index is -3.96. The zero-order chi connectivity index (χ0) is 27.4. The average molecular weight is 577 g/mol. The summed E-state index contributed by atoms with van der Waals surface area (Å²) in [6.45, 7) is 8.80. The van der Waals surface area contributed by atoms with Crippen molar-refractivity contribution in [3.05, 3.63) is 62.6 Å². The van der Waals surface area contributed by atoms with Crippen molar-refractivity contribution < 1.29 is 18.0 Å². The second-order valence-electron chi connectivity index (χ2n) is 9.60. The molecule has 0 radical (unpaired) electrons. The SMILES string of the molecule is CC[C@H](C(=O)NC(C)(C)C)N(Cc1ccccc1C)C(=O)CN(c1cc(Cl)c(Cl)cc1Cl)S(C)(=O)=O. The molecule has 2 aromatic rings. The third kappa shape index (κ3) is 8.00. The smallest absolute Gasteiger partial charge is 0.244 e. The molecule has 36 heavy (non-hydrogen) atoms. The number of sulfonamides is 1. The number of amides is 2. The van der Waals surface area contributed by atoms with Crippen LogP contribution in [0.1, 0.15) is 45.2 Å². The Kier molecular flexibility index (Phi) is 10.1. The van der Waals surface area contributed by atoms with E-state index in [1.807, 2.05) is 52.0 Å². The van der Waals surface area contributed by atoms with E-state index in [4.69, 9.17) is 34.8 Å². The largest absolute Gasteiger partial charge is 0.350 e. The highest BCUT2D eigenvalue weighted by Gasteiger charge is 2.33. The van der Waals surface area contributed by atoms with Crippen LogP contribution in [0.4, 0.5) is 5.69 Å². The summed E-state index contributed by atoms with van der Waals surface area (Å²) in [4.78, 5) is 28.4. The molecule has 0 spiro atoms. The molecule has 2 rings (SSSR count). The molecule has 0 aliphatic heterocycles. The van der Waals surface area contributed by atoms with Gasteiger partial charge < -0.3 is 10.2 Å². The maximum atomic E-state index is 13.8. The molecule has 7 nitrogen and oxygen atoms in total. The lowest BCUT2D eigenvalue weighted by molar-refractivity contribution is -0.141. The van der Waals surface area contributed by atoms with Gasteiger partial charge in [-0.3, -0.25) is 13.9 Å². The summed E-state index contributed by atoms with van der Waals surface area (Å²) in [5, 5.41) is 3.18. The number of hydrogen-bond donors (Lipinski definition) is 1. The molecule has 0 aliphatic rings. The number of aryl methyl sites for hydroxylation is 1. The van der Waals surface area contributed by atoms with Crippen molar-refractivity contribution in [1.29, 1.82) is 0 Å². The molecule has 1 N–H and O–H groups in total. The van der Waals surface area contributed by atoms with Crippen LogP contribution in [-0.4, -0.2) is 49.5 Å². The summed E-state index contributed by atoms with van der Waals surface area (Å²) in [7, 11) is -3.96. The topological polar surface area (TPSA) is 86.8 Å². The van der Waals surface area contributed by atoms with E-state index in [1.54, 1.807) is 6.92 Å². The predicted molar refractivity (Wildman–Crippen MR) is 147 cm³/mol. The molecular weight excluding hydrogens is 545 g/mol. The number of rotatable bonds is 9. The lowest BCUT2D eigenvalue weighted by Crippen LogP contribution is -2.55. The first-order chi connectivity index (χ1) is 16.5. The van der Waals surface area contributed by atoms with Crippen LogP contribution in [0.3, 0.4) is 0 Å². The lowest BCUT2D eigenvalue weighted by Gasteiger charge is -2.35. The molecule has 0 aliphatic carbocycles. The van der Waals surface area contributed by atoms with Crippen LogP contribution in [0.2, 0.25) is 15.1 Å². The van der Waals surface area contributed by atoms with Gasteiger partial charge >= 0.3 is 0 Å². The van der Waals surface area contributed by atoms with Gasteiger partial charge in [0.05, 0.1) is 27.0 Å². The first-order valence-corrected chi connectivity index (χ1v) is 14.3. The number of anilines is 1. The molecule has 0 aromatic heterocycles. The van der Waals surface area contributed by atoms with Gasteiger partial charge in [0.15, 0.2) is 0 Å². The van der Waals surface area contributed by atoms with Crippen molar-refractivity contribution in [3.63, 3.8) is 0 Å². The fourth-order valence-corrected chi connectivity index (χ4v) is 5.19. The molecule has 11 heteroatoms. The van der Waals surface area contributed by atoms with Gasteiger partial charge in [-0.1, -0.05) is 66.0 Å². The first kappa shape index (κ1) is 30.2. The summed E-state index contributed by atoms with van der Waals surface area (Å²) in [6, 6.07) is 9.30. The summed E-state index contributed by atoms with van der Waals surface area (Å²) in [5.74, 6) is -0.896. The maximum absolute atomic E-state index is 13.8. The van der Waals surface area contributed by atoms with Crippen molar-refractivity contribution in [3.8, 4) is 0 Å². The number of hydrogen-bond acceptors (Lipinski definition) is 4. The van der Waals surface area contributed by atoms with Gasteiger partial charge in [0, 0.05) is 12.1 Å². The van der Waals surface area contributed by atoms with Gasteiger partial charge in [-0.25, -0.2) is 8.42 Å². The van der Waals surface area contributed by atoms with E-state index in [0.29, 0.717) is 6.42 Å². The Balaban J connectivity index is 2.54. The number of benzene rings is 2. The quantitative estimate of drug-likeness (QED) is 0.403. The van der Waals surface area contributed by atoms with E-state index in [-0.39, 0.29) is 33.2 Å². The highest BCUT2D eigenvalue weighted by Crippen LogP contribution is 2.35. The third-order valence-corrected chi connectivity index (χ3v) is 7.58. The van der Waals surface area contributed by atoms with Gasteiger partial charge in [-0.2, -0.15) is 0 Å². The van der Waals surface area contributed by atoms with Crippen molar-refractivity contribution in [1.82, 2.24) is 10.2 Å². The molecule has 2 amide bonds. The normalized spacial score (nSPS) is 12.7. The maximum Gasteiger partial charge on any atom is 0.244 e. The summed E-state index contributed by atoms with van der Waals surface area (Å²) >= 11 is 18.4. The molecule has 0 saturated heterocycles. The summed E-state index contributed by atoms with van der Waals surface area (Å²) in [6.07, 6.45) is 1.29. The Morgan fingerprint density at radius 1 is 1.03 bits per heavy atom. The Morgan fingerprint density at radius 2 is 1.61 bits per heavy atom. The van der Waals surface area contributed by atoms with Gasteiger partial charge in [0.1, 0.15) is 12.6 Å². The zero-order valence-corrected chi connectivity index (χ0v) is 24.3. The molecule has 198 valence electrons. The van der Waals surface area contributed by atoms with E-state index < -0.39 is 34.1 Å². The fraction of sp³-hybridized carbons (Fsp3) is 0.440. The lowest BCUT2D eigenvalue weighted by atomic mass is 10.0. The van der Waals surface area contributed by atoms with Gasteiger partial charge in [-0.05, 0) is 57.4 Å². The highest BCUT2D eigenvalue weighted by atomic mass is 35.5. The van der Waals surface area contributed by atoms with E-state index in [2.05, 4.69) is 5.32 Å². The molecule has 0 fully saturated rings. The Bertz CT molecular complexity index is 1230. The zero-order valence-electron chi connectivity index (χ0n) is 21.2. The van der Waals surface area contributed by atoms with Gasteiger partial charge in [0.25, 0.3) is 0 Å². The molecule has 2 aromatic carbocycles. The third-order valence-electron chi connectivity index (χ3n) is 5.42. The molecular formula is C25H32Cl3N3O4S. The van der Waals surface area contributed by atoms with Gasteiger partial charge in [-0.15, -0.1) is 0 Å². The standard InChI is InChI=1S/C25H32Cl3N3O4S/c1-7-21(24(33)29-25(3,4)5)30(14-17-11-9-8-10-16(17)2)23(32)15-31(36(6,34)35)22-13-19(27)18(26)12-20(22)28/h8-13,21H,7,14-15H2,1-6H3,(H,29,33)/t21-/m1/s1. The Hall–Kier alpha value is -2.00.